The Morgan fingerprint density at radius 3 is 2.37 bits per heavy atom. The number of carbonyl (C=O) groups is 2. The van der Waals surface area contributed by atoms with E-state index in [9.17, 15) is 9.59 Å². The molecule has 1 amide bonds. The molecule has 0 aliphatic carbocycles. The van der Waals surface area contributed by atoms with Crippen LogP contribution in [0.15, 0.2) is 10.2 Å². The maximum atomic E-state index is 11.7. The van der Waals surface area contributed by atoms with Crippen LogP contribution in [0.1, 0.15) is 34.1 Å². The van der Waals surface area contributed by atoms with Gasteiger partial charge in [-0.15, -0.1) is 0 Å². The van der Waals surface area contributed by atoms with E-state index in [4.69, 9.17) is 4.74 Å². The van der Waals surface area contributed by atoms with Crippen molar-refractivity contribution < 1.29 is 19.1 Å². The second-order valence-electron chi connectivity index (χ2n) is 5.25. The highest BCUT2D eigenvalue weighted by atomic mass is 127. The molecule has 0 saturated heterocycles. The molecule has 0 fully saturated rings. The molecule has 0 aliphatic rings. The van der Waals surface area contributed by atoms with Crippen LogP contribution in [0.4, 0.5) is 4.79 Å². The standard InChI is InChI=1S/C13H22INO4/c1-9(8-11(16)18-5)10(6-7-14)15-12(17)19-13(2,3)4/h6-7,9-10H,8H2,1-5H3,(H,15,17)/b7-6+/t9-,10+/m1/s1. The first kappa shape index (κ1) is 18.2. The topological polar surface area (TPSA) is 64.6 Å². The SMILES string of the molecule is COC(=O)C[C@@H](C)[C@H](/C=C/I)NC(=O)OC(C)(C)C. The van der Waals surface area contributed by atoms with Crippen LogP contribution in [0.5, 0.6) is 0 Å². The lowest BCUT2D eigenvalue weighted by Gasteiger charge is -2.25. The van der Waals surface area contributed by atoms with Crippen LogP contribution in [0.2, 0.25) is 0 Å². The molecule has 5 nitrogen and oxygen atoms in total. The molecule has 0 heterocycles. The number of ether oxygens (including phenoxy) is 2. The van der Waals surface area contributed by atoms with Crippen molar-refractivity contribution in [3.8, 4) is 0 Å². The predicted octanol–water partition coefficient (Wildman–Crippen LogP) is 3.03. The fourth-order valence-electron chi connectivity index (χ4n) is 1.38. The lowest BCUT2D eigenvalue weighted by molar-refractivity contribution is -0.141. The van der Waals surface area contributed by atoms with E-state index < -0.39 is 11.7 Å². The highest BCUT2D eigenvalue weighted by molar-refractivity contribution is 14.1. The maximum absolute atomic E-state index is 11.7. The predicted molar refractivity (Wildman–Crippen MR) is 82.1 cm³/mol. The zero-order valence-electron chi connectivity index (χ0n) is 12.0. The van der Waals surface area contributed by atoms with Crippen molar-refractivity contribution in [1.82, 2.24) is 5.32 Å². The number of hydrogen-bond donors (Lipinski definition) is 1. The molecule has 0 aliphatic heterocycles. The van der Waals surface area contributed by atoms with Gasteiger partial charge in [-0.2, -0.15) is 0 Å². The van der Waals surface area contributed by atoms with Crippen molar-refractivity contribution in [2.75, 3.05) is 7.11 Å². The third kappa shape index (κ3) is 8.85. The van der Waals surface area contributed by atoms with Gasteiger partial charge in [0.25, 0.3) is 0 Å². The summed E-state index contributed by atoms with van der Waals surface area (Å²) in [5.41, 5.74) is -0.547. The van der Waals surface area contributed by atoms with E-state index in [1.807, 2.05) is 13.0 Å². The van der Waals surface area contributed by atoms with E-state index >= 15 is 0 Å². The van der Waals surface area contributed by atoms with Crippen LogP contribution in [0.3, 0.4) is 0 Å². The number of carbonyl (C=O) groups excluding carboxylic acids is 2. The average molecular weight is 383 g/mol. The number of nitrogens with one attached hydrogen (secondary N) is 1. The summed E-state index contributed by atoms with van der Waals surface area (Å²) in [6.45, 7) is 7.27. The second kappa shape index (κ2) is 8.39. The van der Waals surface area contributed by atoms with E-state index in [0.717, 1.165) is 0 Å². The lowest BCUT2D eigenvalue weighted by Crippen LogP contribution is -2.41. The Hall–Kier alpha value is -0.790. The van der Waals surface area contributed by atoms with Crippen molar-refractivity contribution in [2.24, 2.45) is 5.92 Å². The normalized spacial score (nSPS) is 14.8. The molecule has 0 aromatic carbocycles. The van der Waals surface area contributed by atoms with Crippen molar-refractivity contribution >= 4 is 34.7 Å². The third-order valence-electron chi connectivity index (χ3n) is 2.29. The summed E-state index contributed by atoms with van der Waals surface area (Å²) >= 11 is 2.07. The minimum atomic E-state index is -0.547. The monoisotopic (exact) mass is 383 g/mol. The Morgan fingerprint density at radius 2 is 1.95 bits per heavy atom. The van der Waals surface area contributed by atoms with Crippen LogP contribution < -0.4 is 5.32 Å². The van der Waals surface area contributed by atoms with Gasteiger partial charge in [-0.1, -0.05) is 35.6 Å². The van der Waals surface area contributed by atoms with E-state index in [-0.39, 0.29) is 24.3 Å². The Labute approximate surface area is 128 Å². The van der Waals surface area contributed by atoms with Gasteiger partial charge < -0.3 is 14.8 Å². The van der Waals surface area contributed by atoms with Gasteiger partial charge in [0.1, 0.15) is 5.60 Å². The molecule has 0 rings (SSSR count). The molecule has 1 N–H and O–H groups in total. The van der Waals surface area contributed by atoms with Crippen molar-refractivity contribution in [2.45, 2.75) is 45.8 Å². The summed E-state index contributed by atoms with van der Waals surface area (Å²) in [4.78, 5) is 23.0. The number of alkyl carbamates (subject to hydrolysis) is 1. The van der Waals surface area contributed by atoms with Gasteiger partial charge in [0, 0.05) is 0 Å². The molecule has 0 aromatic heterocycles. The fourth-order valence-corrected chi connectivity index (χ4v) is 1.82. The lowest BCUT2D eigenvalue weighted by atomic mass is 9.98. The first-order valence-corrected chi connectivity index (χ1v) is 7.27. The van der Waals surface area contributed by atoms with E-state index in [1.54, 1.807) is 24.9 Å². The third-order valence-corrected chi connectivity index (χ3v) is 2.71. The van der Waals surface area contributed by atoms with Crippen LogP contribution in [0.25, 0.3) is 0 Å². The highest BCUT2D eigenvalue weighted by Crippen LogP contribution is 2.13. The minimum absolute atomic E-state index is 0.0778. The quantitative estimate of drug-likeness (QED) is 0.586. The van der Waals surface area contributed by atoms with Gasteiger partial charge in [-0.25, -0.2) is 4.79 Å². The molecule has 0 aromatic rings. The van der Waals surface area contributed by atoms with Crippen molar-refractivity contribution in [3.05, 3.63) is 10.2 Å². The molecule has 0 bridgehead atoms. The fraction of sp³-hybridized carbons (Fsp3) is 0.692. The first-order chi connectivity index (χ1) is 8.69. The Kier molecular flexibility index (Phi) is 8.05. The van der Waals surface area contributed by atoms with Crippen LogP contribution in [-0.2, 0) is 14.3 Å². The van der Waals surface area contributed by atoms with Gasteiger partial charge in [-0.3, -0.25) is 4.79 Å². The molecule has 2 atom stereocenters. The summed E-state index contributed by atoms with van der Waals surface area (Å²) in [6, 6.07) is -0.272. The molecular weight excluding hydrogens is 361 g/mol. The number of esters is 1. The number of methoxy groups -OCH3 is 1. The molecule has 0 saturated carbocycles. The van der Waals surface area contributed by atoms with Gasteiger partial charge in [-0.05, 0) is 30.8 Å². The molecule has 19 heavy (non-hydrogen) atoms. The summed E-state index contributed by atoms with van der Waals surface area (Å²) < 4.78 is 11.6. The van der Waals surface area contributed by atoms with Crippen molar-refractivity contribution in [1.29, 1.82) is 0 Å². The Balaban J connectivity index is 4.56. The minimum Gasteiger partial charge on any atom is -0.469 e. The number of rotatable bonds is 5. The average Bonchev–Trinajstić information content (AvgIpc) is 2.25. The first-order valence-electron chi connectivity index (χ1n) is 6.02. The molecule has 0 radical (unpaired) electrons. The van der Waals surface area contributed by atoms with Gasteiger partial charge in [0.2, 0.25) is 0 Å². The molecule has 110 valence electrons. The van der Waals surface area contributed by atoms with Crippen LogP contribution in [-0.4, -0.2) is 30.8 Å². The second-order valence-corrected chi connectivity index (χ2v) is 5.97. The van der Waals surface area contributed by atoms with Gasteiger partial charge >= 0.3 is 12.1 Å². The summed E-state index contributed by atoms with van der Waals surface area (Å²) in [6.07, 6.45) is 1.56. The van der Waals surface area contributed by atoms with Crippen LogP contribution >= 0.6 is 22.6 Å². The largest absolute Gasteiger partial charge is 0.469 e. The Morgan fingerprint density at radius 1 is 1.37 bits per heavy atom. The zero-order chi connectivity index (χ0) is 15.1. The number of halogens is 1. The number of amides is 1. The summed E-state index contributed by atoms with van der Waals surface area (Å²) in [7, 11) is 1.35. The smallest absolute Gasteiger partial charge is 0.408 e. The molecule has 0 unspecified atom stereocenters. The van der Waals surface area contributed by atoms with Gasteiger partial charge in [0.05, 0.1) is 19.6 Å². The maximum Gasteiger partial charge on any atom is 0.408 e. The van der Waals surface area contributed by atoms with Gasteiger partial charge in [0.15, 0.2) is 0 Å². The summed E-state index contributed by atoms with van der Waals surface area (Å²) in [5, 5.41) is 2.74. The molecule has 0 spiro atoms. The zero-order valence-corrected chi connectivity index (χ0v) is 14.2. The van der Waals surface area contributed by atoms with Crippen LogP contribution in [0, 0.1) is 5.92 Å². The summed E-state index contributed by atoms with van der Waals surface area (Å²) in [5.74, 6) is -0.378. The van der Waals surface area contributed by atoms with E-state index in [0.29, 0.717) is 0 Å². The van der Waals surface area contributed by atoms with E-state index in [1.165, 1.54) is 7.11 Å². The number of hydrogen-bond acceptors (Lipinski definition) is 4. The van der Waals surface area contributed by atoms with E-state index in [2.05, 4.69) is 32.6 Å². The highest BCUT2D eigenvalue weighted by Gasteiger charge is 2.23. The molecule has 6 heteroatoms. The Bertz CT molecular complexity index is 336. The van der Waals surface area contributed by atoms with Crippen molar-refractivity contribution in [3.63, 3.8) is 0 Å². The molecular formula is C13H22INO4.